The number of nitrogens with zero attached hydrogens (tertiary/aromatic N) is 2. The van der Waals surface area contributed by atoms with Crippen LogP contribution >= 0.6 is 15.9 Å². The molecule has 0 aromatic heterocycles. The number of carbonyl (C=O) groups is 2. The highest BCUT2D eigenvalue weighted by Crippen LogP contribution is 2.44. The Morgan fingerprint density at radius 3 is 2.26 bits per heavy atom. The van der Waals surface area contributed by atoms with Crippen LogP contribution < -0.4 is 14.2 Å². The van der Waals surface area contributed by atoms with Crippen LogP contribution in [0.2, 0.25) is 0 Å². The number of likely N-dealkylation sites (N-methyl/N-ethyl adjacent to an activating group) is 1. The number of hydrogen-bond donors (Lipinski definition) is 2. The minimum Gasteiger partial charge on any atom is -0.507 e. The average Bonchev–Trinajstić information content (AvgIpc) is 3.08. The summed E-state index contributed by atoms with van der Waals surface area (Å²) in [7, 11) is 8.06. The summed E-state index contributed by atoms with van der Waals surface area (Å²) in [5.74, 6) is -1.02. The van der Waals surface area contributed by atoms with Crippen molar-refractivity contribution in [3.05, 3.63) is 51.5 Å². The molecule has 1 saturated heterocycles. The van der Waals surface area contributed by atoms with Crippen LogP contribution in [0, 0.1) is 0 Å². The fourth-order valence-electron chi connectivity index (χ4n) is 3.81. The van der Waals surface area contributed by atoms with Crippen LogP contribution in [0.25, 0.3) is 5.76 Å². The standard InChI is InChI=1S/C24H27BrN2O7/c1-26(2)8-9-27-20(14-10-15(25)22(29)18(12-14)34-5)19(23(30)24(27)31)21(28)13-6-7-16(32-3)17(11-13)33-4/h6-7,10-12,20,28-29H,8-9H2,1-5H3. The maximum atomic E-state index is 13.2. The van der Waals surface area contributed by atoms with E-state index in [9.17, 15) is 19.8 Å². The lowest BCUT2D eigenvalue weighted by Crippen LogP contribution is -2.35. The second-order valence-corrected chi connectivity index (χ2v) is 8.77. The van der Waals surface area contributed by atoms with Crippen molar-refractivity contribution in [3.8, 4) is 23.0 Å². The van der Waals surface area contributed by atoms with Gasteiger partial charge in [0.1, 0.15) is 5.76 Å². The van der Waals surface area contributed by atoms with E-state index in [1.54, 1.807) is 24.3 Å². The number of phenolic OH excluding ortho intramolecular Hbond substituents is 1. The van der Waals surface area contributed by atoms with Crippen molar-refractivity contribution in [1.82, 2.24) is 9.80 Å². The summed E-state index contributed by atoms with van der Waals surface area (Å²) in [5, 5.41) is 21.5. The van der Waals surface area contributed by atoms with Crippen LogP contribution in [0.4, 0.5) is 0 Å². The molecule has 182 valence electrons. The molecule has 1 amide bonds. The minimum absolute atomic E-state index is 0.0735. The summed E-state index contributed by atoms with van der Waals surface area (Å²) in [6.07, 6.45) is 0. The van der Waals surface area contributed by atoms with Gasteiger partial charge in [-0.15, -0.1) is 0 Å². The normalized spacial score (nSPS) is 17.4. The predicted octanol–water partition coefficient (Wildman–Crippen LogP) is 3.16. The Balaban J connectivity index is 2.24. The van der Waals surface area contributed by atoms with Crippen LogP contribution in [-0.2, 0) is 9.59 Å². The molecule has 1 aliphatic rings. The van der Waals surface area contributed by atoms with Gasteiger partial charge in [-0.05, 0) is 65.9 Å². The second kappa shape index (κ2) is 10.4. The number of rotatable bonds is 8. The monoisotopic (exact) mass is 534 g/mol. The van der Waals surface area contributed by atoms with E-state index < -0.39 is 17.7 Å². The number of amides is 1. The van der Waals surface area contributed by atoms with E-state index in [1.807, 2.05) is 19.0 Å². The van der Waals surface area contributed by atoms with Gasteiger partial charge in [0.2, 0.25) is 0 Å². The Kier molecular flexibility index (Phi) is 7.73. The molecule has 2 N–H and O–H groups in total. The molecule has 0 bridgehead atoms. The van der Waals surface area contributed by atoms with E-state index in [4.69, 9.17) is 14.2 Å². The molecule has 0 aliphatic carbocycles. The maximum Gasteiger partial charge on any atom is 0.295 e. The molecule has 1 heterocycles. The number of carbonyl (C=O) groups excluding carboxylic acids is 2. The average molecular weight is 535 g/mol. The lowest BCUT2D eigenvalue weighted by Gasteiger charge is -2.27. The Hall–Kier alpha value is -3.24. The fourth-order valence-corrected chi connectivity index (χ4v) is 4.27. The van der Waals surface area contributed by atoms with E-state index >= 15 is 0 Å². The van der Waals surface area contributed by atoms with Crippen LogP contribution in [-0.4, -0.2) is 80.2 Å². The van der Waals surface area contributed by atoms with Gasteiger partial charge in [0, 0.05) is 18.7 Å². The summed E-state index contributed by atoms with van der Waals surface area (Å²) in [6.45, 7) is 0.738. The largest absolute Gasteiger partial charge is 0.507 e. The van der Waals surface area contributed by atoms with E-state index in [-0.39, 0.29) is 34.9 Å². The van der Waals surface area contributed by atoms with Gasteiger partial charge in [-0.3, -0.25) is 9.59 Å². The van der Waals surface area contributed by atoms with E-state index in [0.717, 1.165) is 0 Å². The minimum atomic E-state index is -0.904. The highest BCUT2D eigenvalue weighted by atomic mass is 79.9. The van der Waals surface area contributed by atoms with Crippen molar-refractivity contribution in [3.63, 3.8) is 0 Å². The molecule has 3 rings (SSSR count). The Morgan fingerprint density at radius 1 is 1.03 bits per heavy atom. The van der Waals surface area contributed by atoms with Crippen LogP contribution in [0.5, 0.6) is 23.0 Å². The molecular formula is C24H27BrN2O7. The molecule has 0 saturated carbocycles. The van der Waals surface area contributed by atoms with Crippen molar-refractivity contribution in [2.24, 2.45) is 0 Å². The molecule has 10 heteroatoms. The number of likely N-dealkylation sites (tertiary alicyclic amines) is 1. The quantitative estimate of drug-likeness (QED) is 0.302. The number of ether oxygens (including phenoxy) is 3. The second-order valence-electron chi connectivity index (χ2n) is 7.92. The lowest BCUT2D eigenvalue weighted by molar-refractivity contribution is -0.140. The molecule has 0 spiro atoms. The zero-order chi connectivity index (χ0) is 25.2. The summed E-state index contributed by atoms with van der Waals surface area (Å²) in [4.78, 5) is 29.5. The summed E-state index contributed by atoms with van der Waals surface area (Å²) in [6, 6.07) is 6.95. The van der Waals surface area contributed by atoms with Gasteiger partial charge in [-0.2, -0.15) is 0 Å². The van der Waals surface area contributed by atoms with Crippen molar-refractivity contribution < 1.29 is 34.0 Å². The highest BCUT2D eigenvalue weighted by molar-refractivity contribution is 9.10. The zero-order valence-electron chi connectivity index (χ0n) is 19.6. The third-order valence-corrected chi connectivity index (χ3v) is 6.18. The number of methoxy groups -OCH3 is 3. The van der Waals surface area contributed by atoms with Crippen LogP contribution in [0.1, 0.15) is 17.2 Å². The maximum absolute atomic E-state index is 13.2. The molecule has 34 heavy (non-hydrogen) atoms. The number of ketones is 1. The summed E-state index contributed by atoms with van der Waals surface area (Å²) < 4.78 is 16.2. The Bertz CT molecular complexity index is 1150. The first-order valence-electron chi connectivity index (χ1n) is 10.4. The number of aromatic hydroxyl groups is 1. The lowest BCUT2D eigenvalue weighted by atomic mass is 9.95. The van der Waals surface area contributed by atoms with Crippen molar-refractivity contribution in [2.45, 2.75) is 6.04 Å². The first kappa shape index (κ1) is 25.4. The van der Waals surface area contributed by atoms with Gasteiger partial charge >= 0.3 is 0 Å². The first-order chi connectivity index (χ1) is 16.1. The molecule has 0 radical (unpaired) electrons. The van der Waals surface area contributed by atoms with Crippen molar-refractivity contribution in [1.29, 1.82) is 0 Å². The molecule has 1 atom stereocenters. The predicted molar refractivity (Wildman–Crippen MR) is 129 cm³/mol. The van der Waals surface area contributed by atoms with Crippen molar-refractivity contribution >= 4 is 33.4 Å². The number of phenols is 1. The SMILES string of the molecule is COc1ccc(C(O)=C2C(=O)C(=O)N(CCN(C)C)C2c2cc(Br)c(O)c(OC)c2)cc1OC. The Labute approximate surface area is 206 Å². The topological polar surface area (TPSA) is 109 Å². The number of Topliss-reactive ketones (excluding diaryl/α,β-unsaturated/α-hetero) is 1. The number of aliphatic hydroxyl groups excluding tert-OH is 1. The summed E-state index contributed by atoms with van der Waals surface area (Å²) >= 11 is 3.30. The number of benzene rings is 2. The molecule has 2 aromatic rings. The van der Waals surface area contributed by atoms with E-state index in [2.05, 4.69) is 15.9 Å². The van der Waals surface area contributed by atoms with Crippen molar-refractivity contribution in [2.75, 3.05) is 48.5 Å². The number of halogens is 1. The first-order valence-corrected chi connectivity index (χ1v) is 11.2. The molecule has 9 nitrogen and oxygen atoms in total. The van der Waals surface area contributed by atoms with Gasteiger partial charge in [0.05, 0.1) is 37.4 Å². The highest BCUT2D eigenvalue weighted by Gasteiger charge is 2.46. The van der Waals surface area contributed by atoms with Gasteiger partial charge in [-0.25, -0.2) is 0 Å². The van der Waals surface area contributed by atoms with Crippen LogP contribution in [0.15, 0.2) is 40.4 Å². The summed E-state index contributed by atoms with van der Waals surface area (Å²) in [5.41, 5.74) is 0.704. The van der Waals surface area contributed by atoms with Gasteiger partial charge in [0.25, 0.3) is 11.7 Å². The van der Waals surface area contributed by atoms with E-state index in [1.165, 1.54) is 32.3 Å². The van der Waals surface area contributed by atoms with Gasteiger partial charge in [-0.1, -0.05) is 0 Å². The zero-order valence-corrected chi connectivity index (χ0v) is 21.2. The van der Waals surface area contributed by atoms with Crippen LogP contribution in [0.3, 0.4) is 0 Å². The molecule has 2 aromatic carbocycles. The molecule has 1 fully saturated rings. The molecule has 1 aliphatic heterocycles. The van der Waals surface area contributed by atoms with E-state index in [0.29, 0.717) is 28.1 Å². The molecule has 1 unspecified atom stereocenters. The third-order valence-electron chi connectivity index (χ3n) is 5.57. The van der Waals surface area contributed by atoms with Gasteiger partial charge in [0.15, 0.2) is 23.0 Å². The smallest absolute Gasteiger partial charge is 0.295 e. The van der Waals surface area contributed by atoms with Gasteiger partial charge < -0.3 is 34.2 Å². The number of hydrogen-bond acceptors (Lipinski definition) is 8. The number of aliphatic hydroxyl groups is 1. The molecular weight excluding hydrogens is 508 g/mol. The third kappa shape index (κ3) is 4.69. The fraction of sp³-hybridized carbons (Fsp3) is 0.333. The Morgan fingerprint density at radius 2 is 1.68 bits per heavy atom.